The van der Waals surface area contributed by atoms with E-state index in [1.165, 1.54) is 12.8 Å². The van der Waals surface area contributed by atoms with Gasteiger partial charge in [-0.1, -0.05) is 6.92 Å². The van der Waals surface area contributed by atoms with E-state index in [0.29, 0.717) is 6.04 Å². The van der Waals surface area contributed by atoms with Crippen molar-refractivity contribution in [1.29, 1.82) is 0 Å². The molecular weight excluding hydrogens is 200 g/mol. The van der Waals surface area contributed by atoms with Crippen LogP contribution in [0.25, 0.3) is 0 Å². The van der Waals surface area contributed by atoms with Gasteiger partial charge in [0, 0.05) is 32.1 Å². The van der Waals surface area contributed by atoms with Crippen LogP contribution >= 0.6 is 0 Å². The van der Waals surface area contributed by atoms with E-state index in [0.717, 1.165) is 30.4 Å². The SMILES string of the molecule is CCc1nc(NC)cc(N(CC)C2CC2)n1. The number of aryl methyl sites for hydroxylation is 1. The molecule has 16 heavy (non-hydrogen) atoms. The van der Waals surface area contributed by atoms with E-state index in [9.17, 15) is 0 Å². The van der Waals surface area contributed by atoms with Crippen molar-refractivity contribution in [2.75, 3.05) is 23.8 Å². The second kappa shape index (κ2) is 4.68. The minimum atomic E-state index is 0.703. The fourth-order valence-electron chi connectivity index (χ4n) is 1.91. The molecule has 4 heteroatoms. The molecule has 0 atom stereocenters. The number of anilines is 2. The highest BCUT2D eigenvalue weighted by molar-refractivity contribution is 5.50. The van der Waals surface area contributed by atoms with Crippen LogP contribution in [-0.4, -0.2) is 29.6 Å². The first kappa shape index (κ1) is 11.2. The minimum absolute atomic E-state index is 0.703. The van der Waals surface area contributed by atoms with Gasteiger partial charge in [0.25, 0.3) is 0 Å². The Bertz CT molecular complexity index is 338. The summed E-state index contributed by atoms with van der Waals surface area (Å²) in [5.74, 6) is 2.91. The van der Waals surface area contributed by atoms with Crippen molar-refractivity contribution in [1.82, 2.24) is 9.97 Å². The second-order valence-electron chi connectivity index (χ2n) is 4.15. The molecule has 0 unspecified atom stereocenters. The Morgan fingerprint density at radius 1 is 1.38 bits per heavy atom. The highest BCUT2D eigenvalue weighted by atomic mass is 15.2. The van der Waals surface area contributed by atoms with E-state index >= 15 is 0 Å². The summed E-state index contributed by atoms with van der Waals surface area (Å²) in [5.41, 5.74) is 0. The molecule has 1 aliphatic rings. The topological polar surface area (TPSA) is 41.1 Å². The summed E-state index contributed by atoms with van der Waals surface area (Å²) in [6.07, 6.45) is 3.48. The fourth-order valence-corrected chi connectivity index (χ4v) is 1.91. The average molecular weight is 220 g/mol. The Morgan fingerprint density at radius 3 is 2.62 bits per heavy atom. The first-order chi connectivity index (χ1) is 7.78. The van der Waals surface area contributed by atoms with Crippen molar-refractivity contribution in [3.63, 3.8) is 0 Å². The van der Waals surface area contributed by atoms with E-state index in [4.69, 9.17) is 0 Å². The maximum absolute atomic E-state index is 4.61. The van der Waals surface area contributed by atoms with E-state index in [1.807, 2.05) is 13.1 Å². The molecule has 0 aliphatic heterocycles. The number of hydrogen-bond acceptors (Lipinski definition) is 4. The van der Waals surface area contributed by atoms with Gasteiger partial charge in [-0.2, -0.15) is 0 Å². The van der Waals surface area contributed by atoms with Crippen LogP contribution in [0.1, 0.15) is 32.5 Å². The summed E-state index contributed by atoms with van der Waals surface area (Å²) in [7, 11) is 1.90. The molecule has 0 bridgehead atoms. The lowest BCUT2D eigenvalue weighted by molar-refractivity contribution is 0.793. The van der Waals surface area contributed by atoms with Gasteiger partial charge < -0.3 is 10.2 Å². The van der Waals surface area contributed by atoms with Crippen LogP contribution in [0.5, 0.6) is 0 Å². The number of hydrogen-bond donors (Lipinski definition) is 1. The van der Waals surface area contributed by atoms with Gasteiger partial charge >= 0.3 is 0 Å². The van der Waals surface area contributed by atoms with Gasteiger partial charge in [-0.15, -0.1) is 0 Å². The maximum atomic E-state index is 4.61. The molecule has 1 fully saturated rings. The Balaban J connectivity index is 2.30. The van der Waals surface area contributed by atoms with E-state index in [1.54, 1.807) is 0 Å². The molecular formula is C12H20N4. The molecule has 0 radical (unpaired) electrons. The monoisotopic (exact) mass is 220 g/mol. The molecule has 0 aromatic carbocycles. The lowest BCUT2D eigenvalue weighted by atomic mass is 10.3. The Hall–Kier alpha value is -1.32. The van der Waals surface area contributed by atoms with Crippen molar-refractivity contribution in [3.05, 3.63) is 11.9 Å². The summed E-state index contributed by atoms with van der Waals surface area (Å²) in [6.45, 7) is 5.30. The lowest BCUT2D eigenvalue weighted by Gasteiger charge is -2.22. The Kier molecular flexibility index (Phi) is 3.27. The van der Waals surface area contributed by atoms with Crippen molar-refractivity contribution >= 4 is 11.6 Å². The van der Waals surface area contributed by atoms with Gasteiger partial charge in [-0.3, -0.25) is 0 Å². The normalized spacial score (nSPS) is 14.9. The van der Waals surface area contributed by atoms with Crippen LogP contribution in [-0.2, 0) is 6.42 Å². The van der Waals surface area contributed by atoms with Crippen molar-refractivity contribution in [2.45, 2.75) is 39.2 Å². The average Bonchev–Trinajstić information content (AvgIpc) is 3.14. The molecule has 1 aromatic heterocycles. The van der Waals surface area contributed by atoms with Gasteiger partial charge in [0.1, 0.15) is 17.5 Å². The molecule has 0 saturated heterocycles. The highest BCUT2D eigenvalue weighted by Crippen LogP contribution is 2.31. The standard InChI is InChI=1S/C12H20N4/c1-4-10-14-11(13-3)8-12(15-10)16(5-2)9-6-7-9/h8-9H,4-7H2,1-3H3,(H,13,14,15). The van der Waals surface area contributed by atoms with Crippen molar-refractivity contribution in [2.24, 2.45) is 0 Å². The van der Waals surface area contributed by atoms with Gasteiger partial charge in [-0.25, -0.2) is 9.97 Å². The van der Waals surface area contributed by atoms with E-state index in [2.05, 4.69) is 34.0 Å². The molecule has 1 N–H and O–H groups in total. The number of nitrogens with zero attached hydrogens (tertiary/aromatic N) is 3. The molecule has 1 aliphatic carbocycles. The van der Waals surface area contributed by atoms with Gasteiger partial charge in [0.15, 0.2) is 0 Å². The lowest BCUT2D eigenvalue weighted by Crippen LogP contribution is -2.26. The van der Waals surface area contributed by atoms with Crippen LogP contribution in [0.3, 0.4) is 0 Å². The summed E-state index contributed by atoms with van der Waals surface area (Å²) in [4.78, 5) is 11.4. The summed E-state index contributed by atoms with van der Waals surface area (Å²) < 4.78 is 0. The number of aromatic nitrogens is 2. The molecule has 1 heterocycles. The highest BCUT2D eigenvalue weighted by Gasteiger charge is 2.29. The quantitative estimate of drug-likeness (QED) is 0.824. The zero-order chi connectivity index (χ0) is 11.5. The molecule has 0 amide bonds. The number of nitrogens with one attached hydrogen (secondary N) is 1. The Labute approximate surface area is 97.1 Å². The van der Waals surface area contributed by atoms with E-state index in [-0.39, 0.29) is 0 Å². The molecule has 88 valence electrons. The summed E-state index contributed by atoms with van der Waals surface area (Å²) in [6, 6.07) is 2.75. The van der Waals surface area contributed by atoms with Crippen molar-refractivity contribution in [3.8, 4) is 0 Å². The third-order valence-corrected chi connectivity index (χ3v) is 2.95. The van der Waals surface area contributed by atoms with Gasteiger partial charge in [0.05, 0.1) is 0 Å². The first-order valence-electron chi connectivity index (χ1n) is 6.10. The zero-order valence-electron chi connectivity index (χ0n) is 10.3. The van der Waals surface area contributed by atoms with Gasteiger partial charge in [-0.05, 0) is 19.8 Å². The number of rotatable bonds is 5. The van der Waals surface area contributed by atoms with Crippen LogP contribution in [0.15, 0.2) is 6.07 Å². The second-order valence-corrected chi connectivity index (χ2v) is 4.15. The van der Waals surface area contributed by atoms with Crippen LogP contribution in [0, 0.1) is 0 Å². The molecule has 1 saturated carbocycles. The maximum Gasteiger partial charge on any atom is 0.134 e. The third kappa shape index (κ3) is 2.26. The van der Waals surface area contributed by atoms with Gasteiger partial charge in [0.2, 0.25) is 0 Å². The summed E-state index contributed by atoms with van der Waals surface area (Å²) in [5, 5.41) is 3.10. The smallest absolute Gasteiger partial charge is 0.134 e. The predicted molar refractivity (Wildman–Crippen MR) is 67.0 cm³/mol. The predicted octanol–water partition coefficient (Wildman–Crippen LogP) is 2.07. The van der Waals surface area contributed by atoms with Crippen molar-refractivity contribution < 1.29 is 0 Å². The minimum Gasteiger partial charge on any atom is -0.373 e. The summed E-state index contributed by atoms with van der Waals surface area (Å²) >= 11 is 0. The first-order valence-corrected chi connectivity index (χ1v) is 6.10. The van der Waals surface area contributed by atoms with Crippen LogP contribution < -0.4 is 10.2 Å². The van der Waals surface area contributed by atoms with Crippen LogP contribution in [0.4, 0.5) is 11.6 Å². The largest absolute Gasteiger partial charge is 0.373 e. The molecule has 2 rings (SSSR count). The molecule has 4 nitrogen and oxygen atoms in total. The third-order valence-electron chi connectivity index (χ3n) is 2.95. The molecule has 0 spiro atoms. The Morgan fingerprint density at radius 2 is 2.12 bits per heavy atom. The molecule has 1 aromatic rings. The zero-order valence-corrected chi connectivity index (χ0v) is 10.3. The van der Waals surface area contributed by atoms with E-state index < -0.39 is 0 Å². The fraction of sp³-hybridized carbons (Fsp3) is 0.667. The van der Waals surface area contributed by atoms with Crippen LogP contribution in [0.2, 0.25) is 0 Å².